The fourth-order valence-corrected chi connectivity index (χ4v) is 6.05. The molecule has 4 aromatic carbocycles. The van der Waals surface area contributed by atoms with Crippen LogP contribution in [-0.4, -0.2) is 20.2 Å². The largest absolute Gasteiger partial charge is 0.178 e. The summed E-state index contributed by atoms with van der Waals surface area (Å²) < 4.78 is 0. The van der Waals surface area contributed by atoms with Gasteiger partial charge in [-0.3, -0.25) is 0 Å². The highest BCUT2D eigenvalue weighted by atomic mass is 15.6. The van der Waals surface area contributed by atoms with Gasteiger partial charge in [0.1, 0.15) is 0 Å². The quantitative estimate of drug-likeness (QED) is 0.238. The molecule has 1 aromatic heterocycles. The summed E-state index contributed by atoms with van der Waals surface area (Å²) >= 11 is 0. The molecule has 4 heteroatoms. The van der Waals surface area contributed by atoms with E-state index in [1.807, 2.05) is 4.80 Å². The first-order chi connectivity index (χ1) is 18.3. The summed E-state index contributed by atoms with van der Waals surface area (Å²) in [5.41, 5.74) is 5.26. The summed E-state index contributed by atoms with van der Waals surface area (Å²) in [5, 5.41) is 14.8. The van der Waals surface area contributed by atoms with Crippen molar-refractivity contribution in [3.05, 3.63) is 149 Å². The molecule has 0 amide bonds. The highest BCUT2D eigenvalue weighted by molar-refractivity contribution is 5.49. The Labute approximate surface area is 219 Å². The van der Waals surface area contributed by atoms with Gasteiger partial charge in [0, 0.05) is 5.92 Å². The molecule has 184 valence electrons. The van der Waals surface area contributed by atoms with Crippen molar-refractivity contribution in [1.82, 2.24) is 20.2 Å². The second-order valence-electron chi connectivity index (χ2n) is 10.2. The predicted molar refractivity (Wildman–Crippen MR) is 148 cm³/mol. The van der Waals surface area contributed by atoms with E-state index in [2.05, 4.69) is 122 Å². The molecule has 37 heavy (non-hydrogen) atoms. The Kier molecular flexibility index (Phi) is 6.40. The SMILES string of the molecule is Cc1ccc([C@@H]2CCCC[C@H]2c2nnn(C(c3ccccc3)(c3ccccc3)c3ccccc3)n2)cc1. The summed E-state index contributed by atoms with van der Waals surface area (Å²) in [5.74, 6) is 1.51. The van der Waals surface area contributed by atoms with Crippen LogP contribution in [0.1, 0.15) is 71.2 Å². The maximum atomic E-state index is 5.22. The Morgan fingerprint density at radius 3 is 1.62 bits per heavy atom. The molecular weight excluding hydrogens is 452 g/mol. The van der Waals surface area contributed by atoms with Gasteiger partial charge in [0.05, 0.1) is 0 Å². The van der Waals surface area contributed by atoms with Crippen molar-refractivity contribution >= 4 is 0 Å². The number of aryl methyl sites for hydroxylation is 1. The third-order valence-corrected chi connectivity index (χ3v) is 7.91. The molecular formula is C33H32N4. The molecule has 0 spiro atoms. The van der Waals surface area contributed by atoms with Gasteiger partial charge in [-0.25, -0.2) is 0 Å². The van der Waals surface area contributed by atoms with E-state index in [9.17, 15) is 0 Å². The maximum Gasteiger partial charge on any atom is 0.178 e. The van der Waals surface area contributed by atoms with E-state index >= 15 is 0 Å². The molecule has 2 atom stereocenters. The topological polar surface area (TPSA) is 43.6 Å². The minimum atomic E-state index is -0.733. The Hall–Kier alpha value is -4.05. The summed E-state index contributed by atoms with van der Waals surface area (Å²) in [6.45, 7) is 2.14. The molecule has 5 aromatic rings. The first kappa shape index (κ1) is 23.4. The van der Waals surface area contributed by atoms with E-state index in [0.717, 1.165) is 35.4 Å². The van der Waals surface area contributed by atoms with Crippen molar-refractivity contribution in [3.63, 3.8) is 0 Å². The lowest BCUT2D eigenvalue weighted by Gasteiger charge is -2.34. The van der Waals surface area contributed by atoms with Crippen molar-refractivity contribution in [1.29, 1.82) is 0 Å². The van der Waals surface area contributed by atoms with Crippen LogP contribution in [0.25, 0.3) is 0 Å². The van der Waals surface area contributed by atoms with Gasteiger partial charge < -0.3 is 0 Å². The van der Waals surface area contributed by atoms with Crippen LogP contribution in [0.2, 0.25) is 0 Å². The van der Waals surface area contributed by atoms with Crippen molar-refractivity contribution in [2.75, 3.05) is 0 Å². The number of rotatable bonds is 6. The van der Waals surface area contributed by atoms with Gasteiger partial charge in [0.15, 0.2) is 11.4 Å². The highest BCUT2D eigenvalue weighted by Crippen LogP contribution is 2.44. The molecule has 0 N–H and O–H groups in total. The summed E-state index contributed by atoms with van der Waals surface area (Å²) in [6.07, 6.45) is 4.68. The normalized spacial score (nSPS) is 18.0. The van der Waals surface area contributed by atoms with Gasteiger partial charge in [0.2, 0.25) is 0 Å². The second-order valence-corrected chi connectivity index (χ2v) is 10.2. The van der Waals surface area contributed by atoms with Crippen molar-refractivity contribution in [2.24, 2.45) is 0 Å². The van der Waals surface area contributed by atoms with E-state index < -0.39 is 5.54 Å². The zero-order valence-corrected chi connectivity index (χ0v) is 21.2. The summed E-state index contributed by atoms with van der Waals surface area (Å²) in [7, 11) is 0. The van der Waals surface area contributed by atoms with Crippen LogP contribution in [-0.2, 0) is 5.54 Å². The van der Waals surface area contributed by atoms with Crippen LogP contribution in [0.4, 0.5) is 0 Å². The number of benzene rings is 4. The fraction of sp³-hybridized carbons (Fsp3) is 0.242. The molecule has 0 aliphatic heterocycles. The Morgan fingerprint density at radius 2 is 1.11 bits per heavy atom. The van der Waals surface area contributed by atoms with Crippen molar-refractivity contribution in [3.8, 4) is 0 Å². The smallest absolute Gasteiger partial charge is 0.144 e. The molecule has 1 saturated carbocycles. The van der Waals surface area contributed by atoms with Gasteiger partial charge in [-0.2, -0.15) is 0 Å². The summed E-state index contributed by atoms with van der Waals surface area (Å²) in [4.78, 5) is 1.86. The zero-order valence-electron chi connectivity index (χ0n) is 21.2. The van der Waals surface area contributed by atoms with Gasteiger partial charge in [-0.1, -0.05) is 134 Å². The number of aromatic nitrogens is 4. The number of nitrogens with zero attached hydrogens (tertiary/aromatic N) is 4. The number of hydrogen-bond donors (Lipinski definition) is 0. The minimum absolute atomic E-state index is 0.255. The van der Waals surface area contributed by atoms with E-state index in [-0.39, 0.29) is 5.92 Å². The standard InChI is InChI=1S/C33H32N4/c1-25-21-23-26(24-22-25)30-19-11-12-20-31(30)32-34-36-37(35-32)33(27-13-5-2-6-14-27,28-15-7-3-8-16-28)29-17-9-4-10-18-29/h2-10,13-18,21-24,30-31H,11-12,19-20H2,1H3/t30-,31+/m0/s1. The average molecular weight is 485 g/mol. The molecule has 1 fully saturated rings. The molecule has 0 bridgehead atoms. The molecule has 1 heterocycles. The first-order valence-electron chi connectivity index (χ1n) is 13.3. The predicted octanol–water partition coefficient (Wildman–Crippen LogP) is 7.26. The van der Waals surface area contributed by atoms with Crippen LogP contribution >= 0.6 is 0 Å². The average Bonchev–Trinajstić information content (AvgIpc) is 3.46. The zero-order chi connectivity index (χ0) is 25.1. The van der Waals surface area contributed by atoms with E-state index in [4.69, 9.17) is 15.4 Å². The molecule has 4 nitrogen and oxygen atoms in total. The molecule has 0 saturated heterocycles. The third-order valence-electron chi connectivity index (χ3n) is 7.91. The third kappa shape index (κ3) is 4.27. The molecule has 0 radical (unpaired) electrons. The van der Waals surface area contributed by atoms with Crippen molar-refractivity contribution < 1.29 is 0 Å². The van der Waals surface area contributed by atoms with Gasteiger partial charge in [0.25, 0.3) is 0 Å². The lowest BCUT2D eigenvalue weighted by Crippen LogP contribution is -2.39. The van der Waals surface area contributed by atoms with Gasteiger partial charge in [-0.15, -0.1) is 15.0 Å². The first-order valence-corrected chi connectivity index (χ1v) is 13.3. The van der Waals surface area contributed by atoms with Crippen LogP contribution in [0.5, 0.6) is 0 Å². The molecule has 0 unspecified atom stereocenters. The molecule has 1 aliphatic carbocycles. The van der Waals surface area contributed by atoms with Crippen molar-refractivity contribution in [2.45, 2.75) is 50.0 Å². The molecule has 1 aliphatic rings. The Morgan fingerprint density at radius 1 is 0.622 bits per heavy atom. The van der Waals surface area contributed by atoms with Crippen LogP contribution < -0.4 is 0 Å². The fourth-order valence-electron chi connectivity index (χ4n) is 6.05. The minimum Gasteiger partial charge on any atom is -0.144 e. The lowest BCUT2D eigenvalue weighted by atomic mass is 9.75. The van der Waals surface area contributed by atoms with Gasteiger partial charge in [-0.05, 0) is 53.2 Å². The summed E-state index contributed by atoms with van der Waals surface area (Å²) in [6, 6.07) is 40.7. The van der Waals surface area contributed by atoms with E-state index in [1.54, 1.807) is 0 Å². The van der Waals surface area contributed by atoms with E-state index in [1.165, 1.54) is 24.0 Å². The maximum absolute atomic E-state index is 5.22. The number of hydrogen-bond acceptors (Lipinski definition) is 3. The van der Waals surface area contributed by atoms with Crippen LogP contribution in [0.3, 0.4) is 0 Å². The second kappa shape index (κ2) is 10.1. The highest BCUT2D eigenvalue weighted by Gasteiger charge is 2.42. The van der Waals surface area contributed by atoms with E-state index in [0.29, 0.717) is 5.92 Å². The Bertz CT molecular complexity index is 1330. The Balaban J connectivity index is 1.52. The molecule has 6 rings (SSSR count). The monoisotopic (exact) mass is 484 g/mol. The van der Waals surface area contributed by atoms with Gasteiger partial charge >= 0.3 is 0 Å². The van der Waals surface area contributed by atoms with Crippen LogP contribution in [0, 0.1) is 6.92 Å². The lowest BCUT2D eigenvalue weighted by molar-refractivity contribution is 0.363. The van der Waals surface area contributed by atoms with Crippen LogP contribution in [0.15, 0.2) is 115 Å². The number of tetrazole rings is 1.